The molecule has 0 saturated heterocycles. The lowest BCUT2D eigenvalue weighted by Crippen LogP contribution is -2.33. The average molecular weight is 532 g/mol. The first kappa shape index (κ1) is 30.3. The summed E-state index contributed by atoms with van der Waals surface area (Å²) < 4.78 is 37.6. The van der Waals surface area contributed by atoms with E-state index in [0.717, 1.165) is 0 Å². The summed E-state index contributed by atoms with van der Waals surface area (Å²) in [6, 6.07) is 4.80. The molecule has 0 bridgehead atoms. The summed E-state index contributed by atoms with van der Waals surface area (Å²) in [4.78, 5) is 15.7. The molecule has 1 aromatic carbocycles. The van der Waals surface area contributed by atoms with Crippen molar-refractivity contribution in [1.82, 2.24) is 0 Å². The fourth-order valence-electron chi connectivity index (χ4n) is 2.86. The Balaban J connectivity index is 1.47. The lowest BCUT2D eigenvalue weighted by Gasteiger charge is -2.12. The van der Waals surface area contributed by atoms with Crippen molar-refractivity contribution in [3.63, 3.8) is 0 Å². The van der Waals surface area contributed by atoms with Crippen molar-refractivity contribution in [2.24, 2.45) is 4.99 Å². The molecule has 1 aliphatic rings. The standard InChI is InChI=1S/C24H37NO10S/c1-24(23(27)28)18-36-22(25-24)20-17-19(3-4-21(20)26)35-16-15-34-14-13-33-12-11-32-10-9-31-8-7-30-6-5-29-2/h3-4,17,26H,5-16,18H2,1-2H3,(H,27,28)/t24-/m1/s1. The van der Waals surface area contributed by atoms with E-state index < -0.39 is 11.5 Å². The SMILES string of the molecule is COCCOCCOCCOCCOCCOCCOc1ccc(O)c(C2=N[C@@](C)(C(=O)O)CS2)c1. The lowest BCUT2D eigenvalue weighted by atomic mass is 10.1. The molecular formula is C24H37NO10S. The number of benzene rings is 1. The number of thioether (sulfide) groups is 1. The van der Waals surface area contributed by atoms with Crippen LogP contribution in [0.5, 0.6) is 11.5 Å². The second-order valence-corrected chi connectivity index (χ2v) is 8.83. The Morgan fingerprint density at radius 3 is 1.86 bits per heavy atom. The van der Waals surface area contributed by atoms with E-state index in [1.54, 1.807) is 26.2 Å². The van der Waals surface area contributed by atoms with Gasteiger partial charge in [-0.3, -0.25) is 4.99 Å². The number of carboxylic acid groups (broad SMARTS) is 1. The van der Waals surface area contributed by atoms with E-state index in [-0.39, 0.29) is 5.75 Å². The van der Waals surface area contributed by atoms with Crippen LogP contribution in [0.15, 0.2) is 23.2 Å². The van der Waals surface area contributed by atoms with Crippen LogP contribution in [0.25, 0.3) is 0 Å². The minimum absolute atomic E-state index is 0.0245. The largest absolute Gasteiger partial charge is 0.507 e. The monoisotopic (exact) mass is 531 g/mol. The third-order valence-electron chi connectivity index (χ3n) is 4.91. The number of methoxy groups -OCH3 is 1. The summed E-state index contributed by atoms with van der Waals surface area (Å²) in [7, 11) is 1.63. The molecule has 11 nitrogen and oxygen atoms in total. The van der Waals surface area contributed by atoms with E-state index in [1.165, 1.54) is 17.8 Å². The molecule has 204 valence electrons. The van der Waals surface area contributed by atoms with Crippen LogP contribution < -0.4 is 4.74 Å². The van der Waals surface area contributed by atoms with E-state index in [0.29, 0.717) is 101 Å². The Morgan fingerprint density at radius 1 is 0.889 bits per heavy atom. The zero-order chi connectivity index (χ0) is 26.1. The minimum Gasteiger partial charge on any atom is -0.507 e. The van der Waals surface area contributed by atoms with Crippen molar-refractivity contribution in [3.05, 3.63) is 23.8 Å². The van der Waals surface area contributed by atoms with Gasteiger partial charge in [-0.15, -0.1) is 11.8 Å². The molecule has 0 fully saturated rings. The number of carboxylic acids is 1. The smallest absolute Gasteiger partial charge is 0.332 e. The topological polar surface area (TPSA) is 134 Å². The Labute approximate surface area is 216 Å². The molecule has 12 heteroatoms. The summed E-state index contributed by atoms with van der Waals surface area (Å²) in [6.45, 7) is 7.29. The van der Waals surface area contributed by atoms with Crippen LogP contribution >= 0.6 is 11.8 Å². The van der Waals surface area contributed by atoms with Crippen molar-refractivity contribution in [1.29, 1.82) is 0 Å². The lowest BCUT2D eigenvalue weighted by molar-refractivity contribution is -0.141. The number of rotatable bonds is 21. The van der Waals surface area contributed by atoms with Crippen molar-refractivity contribution in [3.8, 4) is 11.5 Å². The van der Waals surface area contributed by atoms with Crippen LogP contribution in [-0.2, 0) is 33.2 Å². The quantitative estimate of drug-likeness (QED) is 0.225. The van der Waals surface area contributed by atoms with Crippen molar-refractivity contribution in [2.75, 3.05) is 92.1 Å². The zero-order valence-electron chi connectivity index (χ0n) is 20.9. The van der Waals surface area contributed by atoms with E-state index in [2.05, 4.69) is 4.99 Å². The second kappa shape index (κ2) is 17.5. The van der Waals surface area contributed by atoms with Crippen LogP contribution in [0, 0.1) is 0 Å². The predicted molar refractivity (Wildman–Crippen MR) is 135 cm³/mol. The number of hydrogen-bond donors (Lipinski definition) is 2. The van der Waals surface area contributed by atoms with Crippen LogP contribution in [0.3, 0.4) is 0 Å². The highest BCUT2D eigenvalue weighted by Gasteiger charge is 2.39. The van der Waals surface area contributed by atoms with E-state index in [9.17, 15) is 15.0 Å². The maximum atomic E-state index is 11.4. The molecule has 1 aromatic rings. The number of phenolic OH excluding ortho intramolecular Hbond substituents is 1. The van der Waals surface area contributed by atoms with Gasteiger partial charge in [0.2, 0.25) is 0 Å². The fraction of sp³-hybridized carbons (Fsp3) is 0.667. The van der Waals surface area contributed by atoms with Gasteiger partial charge in [0.15, 0.2) is 5.54 Å². The van der Waals surface area contributed by atoms with E-state index in [1.807, 2.05) is 0 Å². The predicted octanol–water partition coefficient (Wildman–Crippen LogP) is 1.84. The van der Waals surface area contributed by atoms with Gasteiger partial charge in [0.1, 0.15) is 23.1 Å². The molecule has 2 rings (SSSR count). The Morgan fingerprint density at radius 2 is 1.39 bits per heavy atom. The molecule has 0 amide bonds. The van der Waals surface area contributed by atoms with Gasteiger partial charge >= 0.3 is 5.97 Å². The maximum absolute atomic E-state index is 11.4. The number of hydrogen-bond acceptors (Lipinski definition) is 11. The number of aliphatic imine (C=N–C) groups is 1. The number of aromatic hydroxyl groups is 1. The molecule has 0 unspecified atom stereocenters. The van der Waals surface area contributed by atoms with Gasteiger partial charge in [0.25, 0.3) is 0 Å². The van der Waals surface area contributed by atoms with Crippen LogP contribution in [0.1, 0.15) is 12.5 Å². The first-order valence-corrected chi connectivity index (χ1v) is 12.7. The summed E-state index contributed by atoms with van der Waals surface area (Å²) in [6.07, 6.45) is 0. The fourth-order valence-corrected chi connectivity index (χ4v) is 4.05. The molecule has 0 radical (unpaired) electrons. The van der Waals surface area contributed by atoms with Gasteiger partial charge in [0.05, 0.1) is 78.2 Å². The van der Waals surface area contributed by atoms with Crippen LogP contribution in [0.4, 0.5) is 0 Å². The highest BCUT2D eigenvalue weighted by Crippen LogP contribution is 2.35. The molecule has 0 spiro atoms. The van der Waals surface area contributed by atoms with E-state index >= 15 is 0 Å². The van der Waals surface area contributed by atoms with Crippen LogP contribution in [-0.4, -0.2) is 119 Å². The molecule has 2 N–H and O–H groups in total. The number of phenols is 1. The number of nitrogens with zero attached hydrogens (tertiary/aromatic N) is 1. The highest BCUT2D eigenvalue weighted by atomic mass is 32.2. The maximum Gasteiger partial charge on any atom is 0.332 e. The van der Waals surface area contributed by atoms with Crippen molar-refractivity contribution < 1.29 is 48.2 Å². The molecule has 36 heavy (non-hydrogen) atoms. The molecule has 0 saturated carbocycles. The summed E-state index contributed by atoms with van der Waals surface area (Å²) in [5.41, 5.74) is -0.739. The molecule has 1 atom stereocenters. The molecular weight excluding hydrogens is 494 g/mol. The third kappa shape index (κ3) is 11.4. The number of ether oxygens (including phenoxy) is 7. The summed E-state index contributed by atoms with van der Waals surface area (Å²) in [5.74, 6) is -0.123. The highest BCUT2D eigenvalue weighted by molar-refractivity contribution is 8.14. The molecule has 0 aliphatic carbocycles. The summed E-state index contributed by atoms with van der Waals surface area (Å²) in [5, 5.41) is 20.0. The van der Waals surface area contributed by atoms with Gasteiger partial charge in [-0.05, 0) is 25.1 Å². The molecule has 0 aromatic heterocycles. The third-order valence-corrected chi connectivity index (χ3v) is 6.20. The average Bonchev–Trinajstić information content (AvgIpc) is 3.27. The zero-order valence-corrected chi connectivity index (χ0v) is 21.8. The Hall–Kier alpha value is -1.93. The van der Waals surface area contributed by atoms with Gasteiger partial charge in [-0.25, -0.2) is 4.79 Å². The first-order valence-electron chi connectivity index (χ1n) is 11.8. The molecule has 1 heterocycles. The van der Waals surface area contributed by atoms with Gasteiger partial charge in [-0.2, -0.15) is 0 Å². The van der Waals surface area contributed by atoms with Crippen molar-refractivity contribution in [2.45, 2.75) is 12.5 Å². The summed E-state index contributed by atoms with van der Waals surface area (Å²) >= 11 is 1.30. The Kier molecular flexibility index (Phi) is 14.7. The van der Waals surface area contributed by atoms with Crippen molar-refractivity contribution >= 4 is 22.8 Å². The second-order valence-electron chi connectivity index (χ2n) is 7.87. The number of carbonyl (C=O) groups is 1. The van der Waals surface area contributed by atoms with Gasteiger partial charge in [-0.1, -0.05) is 0 Å². The van der Waals surface area contributed by atoms with E-state index in [4.69, 9.17) is 33.2 Å². The van der Waals surface area contributed by atoms with Crippen LogP contribution in [0.2, 0.25) is 0 Å². The van der Waals surface area contributed by atoms with Gasteiger partial charge in [0, 0.05) is 12.9 Å². The van der Waals surface area contributed by atoms with Gasteiger partial charge < -0.3 is 43.4 Å². The molecule has 1 aliphatic heterocycles. The minimum atomic E-state index is -1.19. The Bertz CT molecular complexity index is 809. The first-order chi connectivity index (χ1) is 17.5. The normalized spacial score (nSPS) is 17.3. The number of aliphatic carboxylic acids is 1.